The molecule has 0 unspecified atom stereocenters. The third kappa shape index (κ3) is 5.21. The SMILES string of the molecule is O=C(O)C(=O)N(CCO)Cc1cccc2ccccc12.c1ccc2ccccc2c1. The lowest BCUT2D eigenvalue weighted by molar-refractivity contribution is -0.156. The number of aliphatic hydroxyl groups is 1. The Bertz CT molecular complexity index is 1090. The van der Waals surface area contributed by atoms with Gasteiger partial charge in [-0.05, 0) is 27.1 Å². The number of carbonyl (C=O) groups excluding carboxylic acids is 1. The van der Waals surface area contributed by atoms with E-state index in [9.17, 15) is 9.59 Å². The van der Waals surface area contributed by atoms with E-state index in [1.165, 1.54) is 10.8 Å². The number of aliphatic hydroxyl groups excluding tert-OH is 1. The van der Waals surface area contributed by atoms with Crippen molar-refractivity contribution in [2.24, 2.45) is 0 Å². The van der Waals surface area contributed by atoms with Gasteiger partial charge in [0.25, 0.3) is 0 Å². The van der Waals surface area contributed by atoms with E-state index in [-0.39, 0.29) is 19.7 Å². The Morgan fingerprint density at radius 2 is 1.20 bits per heavy atom. The molecule has 30 heavy (non-hydrogen) atoms. The van der Waals surface area contributed by atoms with Crippen molar-refractivity contribution in [1.29, 1.82) is 0 Å². The Morgan fingerprint density at radius 1 is 0.700 bits per heavy atom. The molecule has 0 bridgehead atoms. The molecule has 0 spiro atoms. The van der Waals surface area contributed by atoms with Crippen molar-refractivity contribution in [3.63, 3.8) is 0 Å². The molecule has 152 valence electrons. The van der Waals surface area contributed by atoms with Crippen LogP contribution in [0, 0.1) is 0 Å². The van der Waals surface area contributed by atoms with E-state index in [0.717, 1.165) is 21.2 Å². The minimum Gasteiger partial charge on any atom is -0.474 e. The van der Waals surface area contributed by atoms with Gasteiger partial charge in [0.2, 0.25) is 0 Å². The van der Waals surface area contributed by atoms with Crippen LogP contribution in [0.15, 0.2) is 91.0 Å². The fourth-order valence-electron chi connectivity index (χ4n) is 3.28. The third-order valence-electron chi connectivity index (χ3n) is 4.74. The van der Waals surface area contributed by atoms with Crippen molar-refractivity contribution in [3.05, 3.63) is 96.6 Å². The Balaban J connectivity index is 0.000000212. The van der Waals surface area contributed by atoms with Crippen LogP contribution in [-0.4, -0.2) is 40.1 Å². The summed E-state index contributed by atoms with van der Waals surface area (Å²) in [4.78, 5) is 23.5. The molecule has 4 aromatic carbocycles. The first-order valence-electron chi connectivity index (χ1n) is 9.63. The average molecular weight is 401 g/mol. The van der Waals surface area contributed by atoms with Gasteiger partial charge in [0.15, 0.2) is 0 Å². The number of hydrogen-bond acceptors (Lipinski definition) is 3. The van der Waals surface area contributed by atoms with Crippen molar-refractivity contribution in [2.45, 2.75) is 6.54 Å². The van der Waals surface area contributed by atoms with Crippen LogP contribution >= 0.6 is 0 Å². The number of carboxylic acid groups (broad SMARTS) is 1. The minimum absolute atomic E-state index is 0.00560. The minimum atomic E-state index is -1.52. The van der Waals surface area contributed by atoms with E-state index in [1.807, 2.05) is 42.5 Å². The number of amides is 1. The summed E-state index contributed by atoms with van der Waals surface area (Å²) >= 11 is 0. The molecule has 0 saturated heterocycles. The second-order valence-electron chi connectivity index (χ2n) is 6.74. The Morgan fingerprint density at radius 3 is 1.73 bits per heavy atom. The summed E-state index contributed by atoms with van der Waals surface area (Å²) in [5.41, 5.74) is 0.853. The highest BCUT2D eigenvalue weighted by Crippen LogP contribution is 2.20. The van der Waals surface area contributed by atoms with E-state index in [4.69, 9.17) is 10.2 Å². The number of rotatable bonds is 4. The van der Waals surface area contributed by atoms with Crippen molar-refractivity contribution in [2.75, 3.05) is 13.2 Å². The van der Waals surface area contributed by atoms with Gasteiger partial charge in [0.05, 0.1) is 6.61 Å². The molecule has 5 nitrogen and oxygen atoms in total. The molecule has 4 aromatic rings. The number of fused-ring (bicyclic) bond motifs is 2. The lowest BCUT2D eigenvalue weighted by atomic mass is 10.0. The fourth-order valence-corrected chi connectivity index (χ4v) is 3.28. The first kappa shape index (κ1) is 21.0. The molecule has 0 heterocycles. The van der Waals surface area contributed by atoms with E-state index in [1.54, 1.807) is 0 Å². The van der Waals surface area contributed by atoms with E-state index in [2.05, 4.69) is 48.5 Å². The predicted molar refractivity (Wildman–Crippen MR) is 118 cm³/mol. The molecule has 0 aliphatic heterocycles. The number of aliphatic carboxylic acids is 1. The first-order valence-corrected chi connectivity index (χ1v) is 9.63. The smallest absolute Gasteiger partial charge is 0.394 e. The highest BCUT2D eigenvalue weighted by atomic mass is 16.4. The average Bonchev–Trinajstić information content (AvgIpc) is 2.79. The summed E-state index contributed by atoms with van der Waals surface area (Å²) in [6, 6.07) is 30.1. The maximum absolute atomic E-state index is 11.6. The molecule has 0 aliphatic carbocycles. The fraction of sp³-hybridized carbons (Fsp3) is 0.120. The van der Waals surface area contributed by atoms with Gasteiger partial charge in [0, 0.05) is 13.1 Å². The van der Waals surface area contributed by atoms with Gasteiger partial charge in [-0.2, -0.15) is 0 Å². The summed E-state index contributed by atoms with van der Waals surface area (Å²) in [5.74, 6) is -2.52. The van der Waals surface area contributed by atoms with E-state index in [0.29, 0.717) is 0 Å². The predicted octanol–water partition coefficient (Wildman–Crippen LogP) is 4.09. The van der Waals surface area contributed by atoms with Crippen LogP contribution in [0.2, 0.25) is 0 Å². The maximum Gasteiger partial charge on any atom is 0.394 e. The van der Waals surface area contributed by atoms with Gasteiger partial charge in [0.1, 0.15) is 0 Å². The molecule has 1 amide bonds. The summed E-state index contributed by atoms with van der Waals surface area (Å²) in [6.45, 7) is -0.120. The largest absolute Gasteiger partial charge is 0.474 e. The van der Waals surface area contributed by atoms with Crippen LogP contribution in [0.4, 0.5) is 0 Å². The maximum atomic E-state index is 11.6. The van der Waals surface area contributed by atoms with E-state index >= 15 is 0 Å². The number of carbonyl (C=O) groups is 2. The van der Waals surface area contributed by atoms with Crippen LogP contribution in [0.3, 0.4) is 0 Å². The zero-order valence-electron chi connectivity index (χ0n) is 16.4. The van der Waals surface area contributed by atoms with Crippen LogP contribution in [-0.2, 0) is 16.1 Å². The van der Waals surface area contributed by atoms with Gasteiger partial charge >= 0.3 is 11.9 Å². The van der Waals surface area contributed by atoms with Crippen molar-refractivity contribution >= 4 is 33.4 Å². The second kappa shape index (κ2) is 10.2. The molecule has 0 aliphatic rings. The lowest BCUT2D eigenvalue weighted by Crippen LogP contribution is -2.37. The molecular weight excluding hydrogens is 378 g/mol. The number of carboxylic acids is 1. The normalized spacial score (nSPS) is 10.3. The van der Waals surface area contributed by atoms with Gasteiger partial charge in [-0.1, -0.05) is 91.0 Å². The van der Waals surface area contributed by atoms with Crippen LogP contribution in [0.1, 0.15) is 5.56 Å². The zero-order valence-corrected chi connectivity index (χ0v) is 16.4. The van der Waals surface area contributed by atoms with Gasteiger partial charge in [-0.3, -0.25) is 4.79 Å². The molecule has 5 heteroatoms. The Hall–Kier alpha value is -3.70. The van der Waals surface area contributed by atoms with Crippen LogP contribution in [0.5, 0.6) is 0 Å². The molecule has 0 radical (unpaired) electrons. The molecular formula is C25H23NO4. The van der Waals surface area contributed by atoms with Crippen molar-refractivity contribution < 1.29 is 19.8 Å². The van der Waals surface area contributed by atoms with E-state index < -0.39 is 11.9 Å². The number of hydrogen-bond donors (Lipinski definition) is 2. The molecule has 0 aromatic heterocycles. The van der Waals surface area contributed by atoms with Crippen molar-refractivity contribution in [3.8, 4) is 0 Å². The summed E-state index contributed by atoms with van der Waals surface area (Å²) < 4.78 is 0. The monoisotopic (exact) mass is 401 g/mol. The molecule has 2 N–H and O–H groups in total. The summed E-state index contributed by atoms with van der Waals surface area (Å²) in [7, 11) is 0. The second-order valence-corrected chi connectivity index (χ2v) is 6.74. The number of nitrogens with zero attached hydrogens (tertiary/aromatic N) is 1. The van der Waals surface area contributed by atoms with Crippen LogP contribution in [0.25, 0.3) is 21.5 Å². The topological polar surface area (TPSA) is 77.8 Å². The summed E-state index contributed by atoms with van der Waals surface area (Å²) in [5, 5.41) is 22.4. The molecule has 0 fully saturated rings. The highest BCUT2D eigenvalue weighted by Gasteiger charge is 2.21. The zero-order chi connectivity index (χ0) is 21.3. The van der Waals surface area contributed by atoms with Gasteiger partial charge in [-0.25, -0.2) is 4.79 Å². The quantitative estimate of drug-likeness (QED) is 0.505. The Kier molecular flexibility index (Phi) is 7.14. The standard InChI is InChI=1S/C15H15NO4.C10H8/c17-9-8-16(14(18)15(19)20)10-12-6-3-5-11-4-1-2-7-13(11)12;1-2-6-10-8-4-3-7-9(10)5-1/h1-7,17H,8-10H2,(H,19,20);1-8H. The van der Waals surface area contributed by atoms with Gasteiger partial charge < -0.3 is 15.1 Å². The van der Waals surface area contributed by atoms with Crippen molar-refractivity contribution in [1.82, 2.24) is 4.90 Å². The summed E-state index contributed by atoms with van der Waals surface area (Å²) in [6.07, 6.45) is 0. The highest BCUT2D eigenvalue weighted by molar-refractivity contribution is 6.31. The lowest BCUT2D eigenvalue weighted by Gasteiger charge is -2.20. The molecule has 4 rings (SSSR count). The first-order chi connectivity index (χ1) is 14.6. The van der Waals surface area contributed by atoms with Gasteiger partial charge in [-0.15, -0.1) is 0 Å². The third-order valence-corrected chi connectivity index (χ3v) is 4.74. The number of benzene rings is 4. The Labute approximate surface area is 174 Å². The molecule has 0 saturated carbocycles. The van der Waals surface area contributed by atoms with Crippen LogP contribution < -0.4 is 0 Å². The molecule has 0 atom stereocenters.